The van der Waals surface area contributed by atoms with E-state index in [0.717, 1.165) is 29.7 Å². The second kappa shape index (κ2) is 8.27. The lowest BCUT2D eigenvalue weighted by atomic mass is 10.0. The molecule has 0 radical (unpaired) electrons. The molecule has 0 aliphatic carbocycles. The van der Waals surface area contributed by atoms with Gasteiger partial charge in [0, 0.05) is 57.6 Å². The second-order valence-corrected chi connectivity index (χ2v) is 6.53. The standard InChI is InChI=1S/C18H25N5O3/c1-13(24)22-9-5-14(12-22)17-15-4-3-7-20-18(15)23(21-17)10-8-19-16(25)6-11-26-2/h3-4,7,14H,5-6,8-12H2,1-2H3,(H,19,25)/t14-/m1/s1. The number of likely N-dealkylation sites (tertiary alicyclic amines) is 1. The number of methoxy groups -OCH3 is 1. The number of ether oxygens (including phenoxy) is 1. The van der Waals surface area contributed by atoms with Crippen LogP contribution in [0.3, 0.4) is 0 Å². The molecule has 2 aromatic rings. The van der Waals surface area contributed by atoms with Crippen molar-refractivity contribution in [3.63, 3.8) is 0 Å². The van der Waals surface area contributed by atoms with Crippen molar-refractivity contribution < 1.29 is 14.3 Å². The van der Waals surface area contributed by atoms with Gasteiger partial charge in [-0.15, -0.1) is 0 Å². The Hall–Kier alpha value is -2.48. The van der Waals surface area contributed by atoms with Crippen molar-refractivity contribution in [2.45, 2.75) is 32.2 Å². The molecule has 0 bridgehead atoms. The predicted octanol–water partition coefficient (Wildman–Crippen LogP) is 0.920. The molecule has 0 unspecified atom stereocenters. The highest BCUT2D eigenvalue weighted by Crippen LogP contribution is 2.31. The number of pyridine rings is 1. The molecule has 26 heavy (non-hydrogen) atoms. The third-order valence-corrected chi connectivity index (χ3v) is 4.73. The zero-order valence-corrected chi connectivity index (χ0v) is 15.3. The molecular weight excluding hydrogens is 334 g/mol. The maximum Gasteiger partial charge on any atom is 0.222 e. The molecule has 1 aliphatic rings. The molecule has 8 heteroatoms. The minimum Gasteiger partial charge on any atom is -0.384 e. The minimum atomic E-state index is -0.0376. The van der Waals surface area contributed by atoms with Crippen molar-refractivity contribution in [3.05, 3.63) is 24.0 Å². The summed E-state index contributed by atoms with van der Waals surface area (Å²) < 4.78 is 6.75. The number of fused-ring (bicyclic) bond motifs is 1. The van der Waals surface area contributed by atoms with Gasteiger partial charge in [0.15, 0.2) is 5.65 Å². The van der Waals surface area contributed by atoms with Crippen LogP contribution in [-0.2, 0) is 20.9 Å². The molecule has 140 valence electrons. The Morgan fingerprint density at radius 1 is 1.42 bits per heavy atom. The Balaban J connectivity index is 1.71. The maximum atomic E-state index is 11.7. The van der Waals surface area contributed by atoms with E-state index in [-0.39, 0.29) is 17.7 Å². The summed E-state index contributed by atoms with van der Waals surface area (Å²) in [5, 5.41) is 8.66. The first-order valence-corrected chi connectivity index (χ1v) is 8.92. The number of amides is 2. The van der Waals surface area contributed by atoms with Crippen LogP contribution in [0.5, 0.6) is 0 Å². The van der Waals surface area contributed by atoms with Crippen molar-refractivity contribution >= 4 is 22.8 Å². The minimum absolute atomic E-state index is 0.0376. The van der Waals surface area contributed by atoms with E-state index in [9.17, 15) is 9.59 Å². The molecule has 0 aromatic carbocycles. The number of rotatable bonds is 7. The fourth-order valence-corrected chi connectivity index (χ4v) is 3.35. The van der Waals surface area contributed by atoms with Crippen molar-refractivity contribution in [3.8, 4) is 0 Å². The van der Waals surface area contributed by atoms with E-state index in [2.05, 4.69) is 10.3 Å². The quantitative estimate of drug-likeness (QED) is 0.794. The first-order valence-electron chi connectivity index (χ1n) is 8.92. The predicted molar refractivity (Wildman–Crippen MR) is 96.6 cm³/mol. The summed E-state index contributed by atoms with van der Waals surface area (Å²) in [7, 11) is 1.58. The number of nitrogens with zero attached hydrogens (tertiary/aromatic N) is 4. The third-order valence-electron chi connectivity index (χ3n) is 4.73. The van der Waals surface area contributed by atoms with Crippen LogP contribution in [0.25, 0.3) is 11.0 Å². The van der Waals surface area contributed by atoms with E-state index in [0.29, 0.717) is 32.7 Å². The van der Waals surface area contributed by atoms with Gasteiger partial charge >= 0.3 is 0 Å². The average Bonchev–Trinajstić information content (AvgIpc) is 3.25. The molecule has 1 aliphatic heterocycles. The Morgan fingerprint density at radius 3 is 3.00 bits per heavy atom. The van der Waals surface area contributed by atoms with Crippen molar-refractivity contribution in [2.75, 3.05) is 33.4 Å². The van der Waals surface area contributed by atoms with Crippen LogP contribution >= 0.6 is 0 Å². The van der Waals surface area contributed by atoms with E-state index >= 15 is 0 Å². The van der Waals surface area contributed by atoms with Gasteiger partial charge in [-0.2, -0.15) is 5.10 Å². The van der Waals surface area contributed by atoms with Crippen molar-refractivity contribution in [1.29, 1.82) is 0 Å². The molecule has 1 N–H and O–H groups in total. The molecule has 3 heterocycles. The van der Waals surface area contributed by atoms with Gasteiger partial charge < -0.3 is 15.0 Å². The lowest BCUT2D eigenvalue weighted by Crippen LogP contribution is -2.28. The van der Waals surface area contributed by atoms with Gasteiger partial charge in [-0.25, -0.2) is 9.67 Å². The molecule has 1 saturated heterocycles. The molecule has 1 atom stereocenters. The van der Waals surface area contributed by atoms with E-state index in [1.54, 1.807) is 20.2 Å². The lowest BCUT2D eigenvalue weighted by Gasteiger charge is -2.12. The van der Waals surface area contributed by atoms with Crippen LogP contribution < -0.4 is 5.32 Å². The molecule has 0 saturated carbocycles. The first kappa shape index (κ1) is 18.3. The largest absolute Gasteiger partial charge is 0.384 e. The summed E-state index contributed by atoms with van der Waals surface area (Å²) in [5.74, 6) is 0.292. The van der Waals surface area contributed by atoms with Gasteiger partial charge in [0.1, 0.15) is 0 Å². The lowest BCUT2D eigenvalue weighted by molar-refractivity contribution is -0.127. The van der Waals surface area contributed by atoms with Gasteiger partial charge in [0.2, 0.25) is 11.8 Å². The number of hydrogen-bond acceptors (Lipinski definition) is 5. The number of nitrogens with one attached hydrogen (secondary N) is 1. The van der Waals surface area contributed by atoms with Crippen LogP contribution in [0.2, 0.25) is 0 Å². The Labute approximate surface area is 152 Å². The average molecular weight is 359 g/mol. The molecule has 8 nitrogen and oxygen atoms in total. The zero-order chi connectivity index (χ0) is 18.5. The van der Waals surface area contributed by atoms with E-state index in [1.807, 2.05) is 21.7 Å². The van der Waals surface area contributed by atoms with Gasteiger partial charge in [-0.3, -0.25) is 9.59 Å². The number of carbonyl (C=O) groups excluding carboxylic acids is 2. The fourth-order valence-electron chi connectivity index (χ4n) is 3.35. The van der Waals surface area contributed by atoms with Crippen molar-refractivity contribution in [1.82, 2.24) is 25.0 Å². The maximum absolute atomic E-state index is 11.7. The van der Waals surface area contributed by atoms with E-state index in [1.165, 1.54) is 0 Å². The summed E-state index contributed by atoms with van der Waals surface area (Å²) in [5.41, 5.74) is 1.80. The topological polar surface area (TPSA) is 89.4 Å². The summed E-state index contributed by atoms with van der Waals surface area (Å²) in [6.07, 6.45) is 3.01. The van der Waals surface area contributed by atoms with Crippen LogP contribution in [0.1, 0.15) is 31.4 Å². The highest BCUT2D eigenvalue weighted by Gasteiger charge is 2.29. The second-order valence-electron chi connectivity index (χ2n) is 6.53. The normalized spacial score (nSPS) is 17.0. The number of carbonyl (C=O) groups is 2. The fraction of sp³-hybridized carbons (Fsp3) is 0.556. The Bertz CT molecular complexity index is 788. The molecule has 2 amide bonds. The summed E-state index contributed by atoms with van der Waals surface area (Å²) in [4.78, 5) is 29.6. The van der Waals surface area contributed by atoms with Gasteiger partial charge in [-0.05, 0) is 18.6 Å². The van der Waals surface area contributed by atoms with Gasteiger partial charge in [0.05, 0.1) is 18.8 Å². The Morgan fingerprint density at radius 2 is 2.27 bits per heavy atom. The smallest absolute Gasteiger partial charge is 0.222 e. The van der Waals surface area contributed by atoms with E-state index < -0.39 is 0 Å². The van der Waals surface area contributed by atoms with Crippen LogP contribution in [-0.4, -0.2) is 64.8 Å². The molecule has 0 spiro atoms. The number of aromatic nitrogens is 3. The van der Waals surface area contributed by atoms with Crippen LogP contribution in [0.4, 0.5) is 0 Å². The van der Waals surface area contributed by atoms with Gasteiger partial charge in [0.25, 0.3) is 0 Å². The summed E-state index contributed by atoms with van der Waals surface area (Å²) >= 11 is 0. The highest BCUT2D eigenvalue weighted by atomic mass is 16.5. The monoisotopic (exact) mass is 359 g/mol. The highest BCUT2D eigenvalue weighted by molar-refractivity contribution is 5.79. The zero-order valence-electron chi connectivity index (χ0n) is 15.3. The van der Waals surface area contributed by atoms with Crippen LogP contribution in [0, 0.1) is 0 Å². The third kappa shape index (κ3) is 4.01. The van der Waals surface area contributed by atoms with Crippen LogP contribution in [0.15, 0.2) is 18.3 Å². The van der Waals surface area contributed by atoms with E-state index in [4.69, 9.17) is 9.84 Å². The summed E-state index contributed by atoms with van der Waals surface area (Å²) in [6.45, 7) is 4.52. The first-order chi connectivity index (χ1) is 12.6. The molecular formula is C18H25N5O3. The summed E-state index contributed by atoms with van der Waals surface area (Å²) in [6, 6.07) is 3.93. The molecule has 2 aromatic heterocycles. The van der Waals surface area contributed by atoms with Gasteiger partial charge in [-0.1, -0.05) is 0 Å². The molecule has 1 fully saturated rings. The number of hydrogen-bond donors (Lipinski definition) is 1. The van der Waals surface area contributed by atoms with Crippen molar-refractivity contribution in [2.24, 2.45) is 0 Å². The molecule has 3 rings (SSSR count). The SMILES string of the molecule is COCCC(=O)NCCn1nc([C@@H]2CCN(C(C)=O)C2)c2cccnc21. The Kier molecular flexibility index (Phi) is 5.82.